The number of nitrogens with one attached hydrogen (secondary N) is 1. The average molecular weight is 380 g/mol. The Labute approximate surface area is 162 Å². The number of rotatable bonds is 4. The molecule has 0 saturated carbocycles. The van der Waals surface area contributed by atoms with Crippen molar-refractivity contribution < 1.29 is 13.9 Å². The molecular weight excluding hydrogens is 359 g/mol. The summed E-state index contributed by atoms with van der Waals surface area (Å²) in [6, 6.07) is 15.5. The van der Waals surface area contributed by atoms with Crippen LogP contribution in [0, 0.1) is 12.7 Å². The van der Waals surface area contributed by atoms with Crippen molar-refractivity contribution in [1.29, 1.82) is 0 Å². The summed E-state index contributed by atoms with van der Waals surface area (Å²) in [6.07, 6.45) is 0. The molecule has 0 radical (unpaired) electrons. The molecule has 1 N–H and O–H groups in total. The molecule has 1 aromatic heterocycles. The van der Waals surface area contributed by atoms with Crippen molar-refractivity contribution in [1.82, 2.24) is 9.78 Å². The van der Waals surface area contributed by atoms with Crippen LogP contribution in [0.25, 0.3) is 5.69 Å². The molecular formula is C21H21FN4O2. The topological polar surface area (TPSA) is 59.4 Å². The van der Waals surface area contributed by atoms with Gasteiger partial charge in [0.25, 0.3) is 0 Å². The van der Waals surface area contributed by atoms with E-state index in [0.717, 1.165) is 17.1 Å². The summed E-state index contributed by atoms with van der Waals surface area (Å²) >= 11 is 0. The quantitative estimate of drug-likeness (QED) is 0.752. The smallest absolute Gasteiger partial charge is 0.245 e. The number of nitrogens with zero attached hydrogens (tertiary/aromatic N) is 3. The van der Waals surface area contributed by atoms with Gasteiger partial charge in [-0.05, 0) is 50.2 Å². The number of para-hydroxylation sites is 2. The Morgan fingerprint density at radius 2 is 2.00 bits per heavy atom. The van der Waals surface area contributed by atoms with Crippen molar-refractivity contribution in [2.75, 3.05) is 23.4 Å². The highest BCUT2D eigenvalue weighted by molar-refractivity contribution is 5.94. The van der Waals surface area contributed by atoms with Crippen molar-refractivity contribution >= 4 is 17.4 Å². The normalized spacial score (nSPS) is 15.7. The lowest BCUT2D eigenvalue weighted by Crippen LogP contribution is -2.45. The summed E-state index contributed by atoms with van der Waals surface area (Å²) in [4.78, 5) is 14.8. The molecule has 144 valence electrons. The van der Waals surface area contributed by atoms with Gasteiger partial charge >= 0.3 is 0 Å². The fraction of sp³-hybridized carbons (Fsp3) is 0.238. The minimum absolute atomic E-state index is 0.0735. The third-order valence-corrected chi connectivity index (χ3v) is 4.67. The monoisotopic (exact) mass is 380 g/mol. The van der Waals surface area contributed by atoms with Gasteiger partial charge in [-0.2, -0.15) is 5.10 Å². The van der Waals surface area contributed by atoms with E-state index in [4.69, 9.17) is 4.74 Å². The maximum absolute atomic E-state index is 13.2. The molecule has 0 aliphatic carbocycles. The number of amides is 1. The third-order valence-electron chi connectivity index (χ3n) is 4.67. The number of aryl methyl sites for hydroxylation is 1. The molecule has 0 unspecified atom stereocenters. The zero-order valence-electron chi connectivity index (χ0n) is 15.7. The third kappa shape index (κ3) is 3.55. The van der Waals surface area contributed by atoms with Crippen LogP contribution in [0.15, 0.2) is 54.6 Å². The van der Waals surface area contributed by atoms with Gasteiger partial charge in [0, 0.05) is 6.07 Å². The van der Waals surface area contributed by atoms with Gasteiger partial charge in [-0.25, -0.2) is 9.07 Å². The lowest BCUT2D eigenvalue weighted by molar-refractivity contribution is -0.115. The highest BCUT2D eigenvalue weighted by Crippen LogP contribution is 2.33. The molecule has 7 heteroatoms. The van der Waals surface area contributed by atoms with E-state index in [2.05, 4.69) is 10.4 Å². The van der Waals surface area contributed by atoms with Gasteiger partial charge in [0.15, 0.2) is 0 Å². The van der Waals surface area contributed by atoms with E-state index in [-0.39, 0.29) is 24.3 Å². The molecule has 1 aliphatic rings. The molecule has 0 spiro atoms. The van der Waals surface area contributed by atoms with E-state index in [9.17, 15) is 9.18 Å². The van der Waals surface area contributed by atoms with Crippen LogP contribution in [0.3, 0.4) is 0 Å². The van der Waals surface area contributed by atoms with E-state index < -0.39 is 0 Å². The molecule has 0 saturated heterocycles. The van der Waals surface area contributed by atoms with Crippen molar-refractivity contribution in [2.45, 2.75) is 19.9 Å². The minimum atomic E-state index is -0.321. The summed E-state index contributed by atoms with van der Waals surface area (Å²) in [7, 11) is 0. The second-order valence-electron chi connectivity index (χ2n) is 6.86. The summed E-state index contributed by atoms with van der Waals surface area (Å²) in [5, 5.41) is 7.34. The molecule has 1 atom stereocenters. The number of hydrogen-bond acceptors (Lipinski definition) is 4. The maximum atomic E-state index is 13.2. The number of fused-ring (bicyclic) bond motifs is 1. The van der Waals surface area contributed by atoms with Gasteiger partial charge in [-0.1, -0.05) is 12.1 Å². The molecule has 4 rings (SSSR count). The van der Waals surface area contributed by atoms with Gasteiger partial charge in [-0.15, -0.1) is 0 Å². The number of carbonyl (C=O) groups is 1. The van der Waals surface area contributed by atoms with Crippen molar-refractivity contribution in [3.8, 4) is 11.4 Å². The standard InChI is InChI=1S/C21H21FN4O2/c1-14-11-20(26(24-14)17-9-7-16(22)8-10-17)23-21(27)12-25-15(2)13-28-19-6-4-3-5-18(19)25/h3-11,15H,12-13H2,1-2H3,(H,23,27)/t15-/m0/s1. The SMILES string of the molecule is Cc1cc(NC(=O)CN2c3ccccc3OC[C@@H]2C)n(-c2ccc(F)cc2)n1. The molecule has 0 fully saturated rings. The fourth-order valence-corrected chi connectivity index (χ4v) is 3.30. The van der Waals surface area contributed by atoms with Crippen LogP contribution in [0.2, 0.25) is 0 Å². The Morgan fingerprint density at radius 3 is 2.79 bits per heavy atom. The van der Waals surface area contributed by atoms with Gasteiger partial charge in [0.1, 0.15) is 24.0 Å². The number of carbonyl (C=O) groups excluding carboxylic acids is 1. The molecule has 1 amide bonds. The number of anilines is 2. The van der Waals surface area contributed by atoms with Crippen molar-refractivity contribution in [2.24, 2.45) is 0 Å². The van der Waals surface area contributed by atoms with Crippen LogP contribution < -0.4 is 15.0 Å². The highest BCUT2D eigenvalue weighted by Gasteiger charge is 2.26. The summed E-state index contributed by atoms with van der Waals surface area (Å²) < 4.78 is 20.6. The Kier molecular flexibility index (Phi) is 4.73. The first kappa shape index (κ1) is 18.0. The predicted octanol–water partition coefficient (Wildman–Crippen LogP) is 3.55. The van der Waals surface area contributed by atoms with Crippen LogP contribution >= 0.6 is 0 Å². The molecule has 3 aromatic rings. The van der Waals surface area contributed by atoms with Crippen LogP contribution in [0.1, 0.15) is 12.6 Å². The number of benzene rings is 2. The van der Waals surface area contributed by atoms with E-state index >= 15 is 0 Å². The van der Waals surface area contributed by atoms with E-state index in [1.807, 2.05) is 43.0 Å². The zero-order chi connectivity index (χ0) is 19.7. The van der Waals surface area contributed by atoms with Crippen molar-refractivity contribution in [3.05, 3.63) is 66.1 Å². The van der Waals surface area contributed by atoms with Crippen LogP contribution in [0.5, 0.6) is 5.75 Å². The highest BCUT2D eigenvalue weighted by atomic mass is 19.1. The molecule has 2 aromatic carbocycles. The van der Waals surface area contributed by atoms with Crippen LogP contribution in [0.4, 0.5) is 15.9 Å². The summed E-state index contributed by atoms with van der Waals surface area (Å²) in [6.45, 7) is 4.58. The second kappa shape index (κ2) is 7.34. The lowest BCUT2D eigenvalue weighted by atomic mass is 10.1. The van der Waals surface area contributed by atoms with Gasteiger partial charge in [0.05, 0.1) is 29.7 Å². The van der Waals surface area contributed by atoms with Crippen LogP contribution in [-0.4, -0.2) is 34.9 Å². The largest absolute Gasteiger partial charge is 0.489 e. The fourth-order valence-electron chi connectivity index (χ4n) is 3.30. The number of hydrogen-bond donors (Lipinski definition) is 1. The Hall–Kier alpha value is -3.35. The number of halogens is 1. The zero-order valence-corrected chi connectivity index (χ0v) is 15.7. The van der Waals surface area contributed by atoms with Crippen LogP contribution in [-0.2, 0) is 4.79 Å². The minimum Gasteiger partial charge on any atom is -0.489 e. The van der Waals surface area contributed by atoms with E-state index in [1.54, 1.807) is 22.9 Å². The van der Waals surface area contributed by atoms with E-state index in [1.165, 1.54) is 12.1 Å². The first-order valence-electron chi connectivity index (χ1n) is 9.12. The maximum Gasteiger partial charge on any atom is 0.245 e. The molecule has 2 heterocycles. The van der Waals surface area contributed by atoms with Gasteiger partial charge in [0.2, 0.25) is 5.91 Å². The number of aromatic nitrogens is 2. The van der Waals surface area contributed by atoms with Crippen molar-refractivity contribution in [3.63, 3.8) is 0 Å². The first-order valence-corrected chi connectivity index (χ1v) is 9.12. The first-order chi connectivity index (χ1) is 13.5. The summed E-state index contributed by atoms with van der Waals surface area (Å²) in [5.74, 6) is 0.842. The lowest BCUT2D eigenvalue weighted by Gasteiger charge is -2.36. The molecule has 6 nitrogen and oxygen atoms in total. The number of ether oxygens (including phenoxy) is 1. The molecule has 0 bridgehead atoms. The summed E-state index contributed by atoms with van der Waals surface area (Å²) in [5.41, 5.74) is 2.33. The average Bonchev–Trinajstić information content (AvgIpc) is 3.04. The predicted molar refractivity (Wildman–Crippen MR) is 106 cm³/mol. The second-order valence-corrected chi connectivity index (χ2v) is 6.86. The Balaban J connectivity index is 1.54. The van der Waals surface area contributed by atoms with Gasteiger partial charge in [-0.3, -0.25) is 4.79 Å². The Bertz CT molecular complexity index is 1000. The Morgan fingerprint density at radius 1 is 1.25 bits per heavy atom. The molecule has 1 aliphatic heterocycles. The van der Waals surface area contributed by atoms with Gasteiger partial charge < -0.3 is 15.0 Å². The van der Waals surface area contributed by atoms with E-state index in [0.29, 0.717) is 18.1 Å². The molecule has 28 heavy (non-hydrogen) atoms.